The largest absolute Gasteiger partial charge is 0.508 e. The molecule has 0 spiro atoms. The number of rotatable bonds is 5. The van der Waals surface area contributed by atoms with Crippen molar-refractivity contribution in [2.75, 3.05) is 31.2 Å². The van der Waals surface area contributed by atoms with E-state index in [1.807, 2.05) is 4.90 Å². The molecule has 1 aromatic heterocycles. The number of morpholine rings is 1. The highest BCUT2D eigenvalue weighted by atomic mass is 16.5. The fourth-order valence-electron chi connectivity index (χ4n) is 3.42. The van der Waals surface area contributed by atoms with Crippen LogP contribution in [0, 0.1) is 0 Å². The zero-order chi connectivity index (χ0) is 21.8. The van der Waals surface area contributed by atoms with Crippen molar-refractivity contribution in [3.05, 3.63) is 76.2 Å². The van der Waals surface area contributed by atoms with Crippen LogP contribution in [0.1, 0.15) is 15.9 Å². The third kappa shape index (κ3) is 4.57. The van der Waals surface area contributed by atoms with E-state index in [0.29, 0.717) is 43.4 Å². The fraction of sp³-hybridized carbons (Fsp3) is 0.227. The lowest BCUT2D eigenvalue weighted by Crippen LogP contribution is -2.41. The molecule has 1 amide bonds. The van der Waals surface area contributed by atoms with Crippen LogP contribution in [-0.4, -0.2) is 52.1 Å². The van der Waals surface area contributed by atoms with Gasteiger partial charge in [0.2, 0.25) is 0 Å². The first-order chi connectivity index (χ1) is 15.0. The molecule has 0 aliphatic carbocycles. The molecule has 2 aromatic carbocycles. The van der Waals surface area contributed by atoms with Crippen molar-refractivity contribution in [2.45, 2.75) is 6.54 Å². The molecule has 0 radical (unpaired) electrons. The summed E-state index contributed by atoms with van der Waals surface area (Å²) in [6, 6.07) is 13.3. The first-order valence-corrected chi connectivity index (χ1v) is 9.82. The van der Waals surface area contributed by atoms with Gasteiger partial charge in [-0.05, 0) is 42.0 Å². The second-order valence-corrected chi connectivity index (χ2v) is 7.17. The van der Waals surface area contributed by atoms with Crippen LogP contribution in [0.2, 0.25) is 0 Å². The third-order valence-corrected chi connectivity index (χ3v) is 5.10. The van der Waals surface area contributed by atoms with E-state index in [4.69, 9.17) is 9.94 Å². The maximum absolute atomic E-state index is 13.2. The fourth-order valence-corrected chi connectivity index (χ4v) is 3.42. The Labute approximate surface area is 178 Å². The van der Waals surface area contributed by atoms with Crippen molar-refractivity contribution in [1.82, 2.24) is 15.0 Å². The molecule has 3 aromatic rings. The van der Waals surface area contributed by atoms with E-state index in [-0.39, 0.29) is 17.9 Å². The number of hydrogen-bond acceptors (Lipinski definition) is 7. The molecule has 160 valence electrons. The van der Waals surface area contributed by atoms with Gasteiger partial charge >= 0.3 is 0 Å². The molecule has 9 heteroatoms. The average molecular weight is 422 g/mol. The Morgan fingerprint density at radius 3 is 2.39 bits per heavy atom. The summed E-state index contributed by atoms with van der Waals surface area (Å²) in [7, 11) is 0. The topological polar surface area (TPSA) is 117 Å². The predicted octanol–water partition coefficient (Wildman–Crippen LogP) is 1.62. The molecule has 0 unspecified atom stereocenters. The SMILES string of the molecule is O=C(NO)c1ccc(Cn2cc(-c3ccc(O)cc3)nc(N3CCOCC3)c2=O)cc1. The number of aromatic hydroxyl groups is 1. The average Bonchev–Trinajstić information content (AvgIpc) is 2.81. The lowest BCUT2D eigenvalue weighted by molar-refractivity contribution is 0.0706. The lowest BCUT2D eigenvalue weighted by atomic mass is 10.1. The van der Waals surface area contributed by atoms with Gasteiger partial charge in [-0.15, -0.1) is 0 Å². The number of anilines is 1. The zero-order valence-corrected chi connectivity index (χ0v) is 16.7. The highest BCUT2D eigenvalue weighted by Crippen LogP contribution is 2.22. The van der Waals surface area contributed by atoms with Crippen LogP contribution in [0.5, 0.6) is 5.75 Å². The molecule has 4 rings (SSSR count). The van der Waals surface area contributed by atoms with Crippen LogP contribution in [0.15, 0.2) is 59.5 Å². The second kappa shape index (κ2) is 8.99. The van der Waals surface area contributed by atoms with Crippen molar-refractivity contribution in [3.63, 3.8) is 0 Å². The van der Waals surface area contributed by atoms with E-state index >= 15 is 0 Å². The molecule has 2 heterocycles. The summed E-state index contributed by atoms with van der Waals surface area (Å²) in [5.74, 6) is -0.0977. The van der Waals surface area contributed by atoms with Crippen molar-refractivity contribution in [1.29, 1.82) is 0 Å². The van der Waals surface area contributed by atoms with Gasteiger partial charge in [0.1, 0.15) is 5.75 Å². The number of carbonyl (C=O) groups excluding carboxylic acids is 1. The zero-order valence-electron chi connectivity index (χ0n) is 16.7. The Morgan fingerprint density at radius 2 is 1.74 bits per heavy atom. The summed E-state index contributed by atoms with van der Waals surface area (Å²) in [6.45, 7) is 2.49. The van der Waals surface area contributed by atoms with E-state index < -0.39 is 5.91 Å². The smallest absolute Gasteiger partial charge is 0.293 e. The Kier molecular flexibility index (Phi) is 5.96. The number of carbonyl (C=O) groups is 1. The quantitative estimate of drug-likeness (QED) is 0.423. The van der Waals surface area contributed by atoms with Crippen molar-refractivity contribution in [2.24, 2.45) is 0 Å². The molecule has 1 saturated heterocycles. The molecule has 9 nitrogen and oxygen atoms in total. The summed E-state index contributed by atoms with van der Waals surface area (Å²) in [5.41, 5.74) is 3.88. The van der Waals surface area contributed by atoms with Gasteiger partial charge in [-0.3, -0.25) is 14.8 Å². The van der Waals surface area contributed by atoms with Crippen LogP contribution in [0.3, 0.4) is 0 Å². The van der Waals surface area contributed by atoms with Crippen molar-refractivity contribution in [3.8, 4) is 17.0 Å². The maximum Gasteiger partial charge on any atom is 0.293 e. The molecule has 0 bridgehead atoms. The molecule has 3 N–H and O–H groups in total. The molecule has 0 saturated carbocycles. The summed E-state index contributed by atoms with van der Waals surface area (Å²) < 4.78 is 6.98. The molecular weight excluding hydrogens is 400 g/mol. The Balaban J connectivity index is 1.73. The number of amides is 1. The number of hydroxylamine groups is 1. The molecule has 1 aliphatic rings. The normalized spacial score (nSPS) is 13.8. The van der Waals surface area contributed by atoms with E-state index in [9.17, 15) is 14.7 Å². The van der Waals surface area contributed by atoms with Crippen LogP contribution in [0.4, 0.5) is 5.82 Å². The third-order valence-electron chi connectivity index (χ3n) is 5.10. The minimum Gasteiger partial charge on any atom is -0.508 e. The Hall–Kier alpha value is -3.69. The number of aromatic nitrogens is 2. The van der Waals surface area contributed by atoms with E-state index in [2.05, 4.69) is 4.98 Å². The van der Waals surface area contributed by atoms with Gasteiger partial charge < -0.3 is 19.3 Å². The number of nitrogens with one attached hydrogen (secondary N) is 1. The van der Waals surface area contributed by atoms with Crippen LogP contribution in [0.25, 0.3) is 11.3 Å². The van der Waals surface area contributed by atoms with E-state index in [1.54, 1.807) is 64.8 Å². The Bertz CT molecular complexity index is 1120. The van der Waals surface area contributed by atoms with E-state index in [1.165, 1.54) is 0 Å². The van der Waals surface area contributed by atoms with Gasteiger partial charge in [0.15, 0.2) is 5.82 Å². The summed E-state index contributed by atoms with van der Waals surface area (Å²) in [6.07, 6.45) is 1.69. The van der Waals surface area contributed by atoms with Crippen LogP contribution in [-0.2, 0) is 11.3 Å². The maximum atomic E-state index is 13.2. The summed E-state index contributed by atoms with van der Waals surface area (Å²) in [5, 5.41) is 18.4. The molecular formula is C22H22N4O5. The van der Waals surface area contributed by atoms with Gasteiger partial charge in [0.05, 0.1) is 25.5 Å². The van der Waals surface area contributed by atoms with Crippen LogP contribution < -0.4 is 15.9 Å². The van der Waals surface area contributed by atoms with Gasteiger partial charge in [0, 0.05) is 30.4 Å². The molecule has 1 fully saturated rings. The second-order valence-electron chi connectivity index (χ2n) is 7.17. The van der Waals surface area contributed by atoms with Gasteiger partial charge in [-0.1, -0.05) is 12.1 Å². The predicted molar refractivity (Wildman–Crippen MR) is 113 cm³/mol. The van der Waals surface area contributed by atoms with Gasteiger partial charge in [-0.25, -0.2) is 10.5 Å². The Morgan fingerprint density at radius 1 is 1.06 bits per heavy atom. The van der Waals surface area contributed by atoms with Crippen molar-refractivity contribution < 1.29 is 19.8 Å². The van der Waals surface area contributed by atoms with E-state index in [0.717, 1.165) is 11.1 Å². The molecule has 0 atom stereocenters. The molecule has 1 aliphatic heterocycles. The number of benzene rings is 2. The number of phenols is 1. The molecule has 31 heavy (non-hydrogen) atoms. The number of hydrogen-bond donors (Lipinski definition) is 3. The van der Waals surface area contributed by atoms with Crippen molar-refractivity contribution >= 4 is 11.7 Å². The monoisotopic (exact) mass is 422 g/mol. The first kappa shape index (κ1) is 20.6. The highest BCUT2D eigenvalue weighted by Gasteiger charge is 2.19. The number of phenolic OH excluding ortho intramolecular Hbond substituents is 1. The highest BCUT2D eigenvalue weighted by molar-refractivity contribution is 5.93. The van der Waals surface area contributed by atoms with Gasteiger partial charge in [0.25, 0.3) is 11.5 Å². The van der Waals surface area contributed by atoms with Gasteiger partial charge in [-0.2, -0.15) is 0 Å². The minimum absolute atomic E-state index is 0.150. The first-order valence-electron chi connectivity index (χ1n) is 9.82. The van der Waals surface area contributed by atoms with Crippen LogP contribution >= 0.6 is 0 Å². The standard InChI is InChI=1S/C22H22N4O5/c27-18-7-5-16(6-8-18)19-14-26(13-15-1-3-17(4-2-15)21(28)24-30)22(29)20(23-19)25-9-11-31-12-10-25/h1-8,14,27,30H,9-13H2,(H,24,28). The number of nitrogens with zero attached hydrogens (tertiary/aromatic N) is 3. The number of ether oxygens (including phenoxy) is 1. The summed E-state index contributed by atoms with van der Waals surface area (Å²) >= 11 is 0. The minimum atomic E-state index is -0.600. The lowest BCUT2D eigenvalue weighted by Gasteiger charge is -2.28. The summed E-state index contributed by atoms with van der Waals surface area (Å²) in [4.78, 5) is 31.3.